The summed E-state index contributed by atoms with van der Waals surface area (Å²) in [5.41, 5.74) is 1.86. The van der Waals surface area contributed by atoms with E-state index in [1.165, 1.54) is 50.6 Å². The summed E-state index contributed by atoms with van der Waals surface area (Å²) in [4.78, 5) is 12.3. The van der Waals surface area contributed by atoms with Crippen LogP contribution in [0.5, 0.6) is 11.5 Å². The van der Waals surface area contributed by atoms with E-state index in [2.05, 4.69) is 51.4 Å². The zero-order valence-electron chi connectivity index (χ0n) is 29.2. The Hall–Kier alpha value is -4.13. The smallest absolute Gasteiger partial charge is 0.744 e. The molecule has 23 heteroatoms. The summed E-state index contributed by atoms with van der Waals surface area (Å²) in [7, 11) is -6.45. The molecule has 0 fully saturated rings. The van der Waals surface area contributed by atoms with E-state index in [0.717, 1.165) is 12.1 Å². The number of benzene rings is 4. The topological polar surface area (TPSA) is 277 Å². The van der Waals surface area contributed by atoms with E-state index in [9.17, 15) is 31.0 Å². The molecule has 0 aliphatic carbocycles. The van der Waals surface area contributed by atoms with Gasteiger partial charge < -0.3 is 39.6 Å². The maximum absolute atomic E-state index is 11.3. The van der Waals surface area contributed by atoms with Crippen LogP contribution in [0.2, 0.25) is 0 Å². The molecule has 5 rings (SSSR count). The molecule has 0 spiro atoms. The van der Waals surface area contributed by atoms with Crippen LogP contribution in [-0.2, 0) is 20.2 Å². The van der Waals surface area contributed by atoms with E-state index >= 15 is 0 Å². The van der Waals surface area contributed by atoms with Crippen molar-refractivity contribution in [3.63, 3.8) is 0 Å². The van der Waals surface area contributed by atoms with Gasteiger partial charge in [0, 0.05) is 18.7 Å². The number of methoxy groups -OCH3 is 2. The molecule has 0 bridgehead atoms. The maximum Gasteiger partial charge on any atom is 1.00 e. The summed E-state index contributed by atoms with van der Waals surface area (Å²) in [6.07, 6.45) is 0. The van der Waals surface area contributed by atoms with E-state index in [4.69, 9.17) is 9.47 Å². The first-order valence-electron chi connectivity index (χ1n) is 14.8. The summed E-state index contributed by atoms with van der Waals surface area (Å²) < 4.78 is 79.0. The van der Waals surface area contributed by atoms with Crippen LogP contribution in [0.3, 0.4) is 0 Å². The molecule has 0 amide bonds. The van der Waals surface area contributed by atoms with Crippen molar-refractivity contribution >= 4 is 72.2 Å². The zero-order valence-corrected chi connectivity index (χ0v) is 34.8. The molecule has 1 heterocycles. The van der Waals surface area contributed by atoms with Crippen LogP contribution in [0.25, 0.3) is 0 Å². The molecular weight excluding hydrogens is 767 g/mol. The number of rotatable bonds is 15. The summed E-state index contributed by atoms with van der Waals surface area (Å²) in [6, 6.07) is 19.8. The first-order chi connectivity index (χ1) is 24.8. The number of aliphatic hydroxyl groups excluding tert-OH is 1. The number of hydrogen-bond donors (Lipinski definition) is 4. The van der Waals surface area contributed by atoms with Crippen LogP contribution in [0.15, 0.2) is 115 Å². The first kappa shape index (κ1) is 44.3. The maximum atomic E-state index is 11.3. The summed E-state index contributed by atoms with van der Waals surface area (Å²) in [5, 5.41) is 34.6. The van der Waals surface area contributed by atoms with Crippen molar-refractivity contribution in [3.05, 3.63) is 84.9 Å². The van der Waals surface area contributed by atoms with Crippen molar-refractivity contribution < 1.29 is 99.6 Å². The van der Waals surface area contributed by atoms with E-state index < -0.39 is 30.0 Å². The van der Waals surface area contributed by atoms with Crippen molar-refractivity contribution in [3.8, 4) is 11.5 Å². The van der Waals surface area contributed by atoms with Crippen LogP contribution >= 0.6 is 0 Å². The second kappa shape index (κ2) is 20.0. The van der Waals surface area contributed by atoms with Gasteiger partial charge in [0.25, 0.3) is 0 Å². The van der Waals surface area contributed by atoms with E-state index in [1.807, 2.05) is 0 Å². The monoisotopic (exact) mass is 794 g/mol. The normalized spacial score (nSPS) is 11.4. The number of aromatic nitrogens is 3. The van der Waals surface area contributed by atoms with Gasteiger partial charge in [-0.25, -0.2) is 16.8 Å². The third kappa shape index (κ3) is 12.5. The molecule has 270 valence electrons. The average Bonchev–Trinajstić information content (AvgIpc) is 3.12. The van der Waals surface area contributed by atoms with Crippen molar-refractivity contribution in [2.45, 2.75) is 9.79 Å². The minimum atomic E-state index is -4.66. The largest absolute Gasteiger partial charge is 1.00 e. The molecule has 5 aromatic rings. The molecule has 54 heavy (non-hydrogen) atoms. The Morgan fingerprint density at radius 3 is 1.37 bits per heavy atom. The molecule has 0 atom stereocenters. The number of nitrogens with zero attached hydrogens (tertiary/aromatic N) is 7. The van der Waals surface area contributed by atoms with Crippen molar-refractivity contribution in [2.75, 3.05) is 43.3 Å². The van der Waals surface area contributed by atoms with Gasteiger partial charge in [-0.15, -0.1) is 0 Å². The molecule has 0 saturated heterocycles. The third-order valence-electron chi connectivity index (χ3n) is 6.67. The summed E-state index contributed by atoms with van der Waals surface area (Å²) >= 11 is 0. The first-order valence-corrected chi connectivity index (χ1v) is 17.6. The SMILES string of the molecule is COc1cc(N=Nc2cccc(S(=O)(=O)[O-])c2)ccc1Nc1nc(NCCO)nc(Nc2ccc(N=Nc3cccc(S(=O)(=O)[O-])c3)cc2OC)n1.[Na+].[Na+]. The Labute approximate surface area is 353 Å². The van der Waals surface area contributed by atoms with Gasteiger partial charge in [0.1, 0.15) is 31.7 Å². The van der Waals surface area contributed by atoms with Crippen LogP contribution in [0, 0.1) is 0 Å². The van der Waals surface area contributed by atoms with Gasteiger partial charge in [0.15, 0.2) is 0 Å². The third-order valence-corrected chi connectivity index (χ3v) is 8.33. The second-order valence-electron chi connectivity index (χ2n) is 10.3. The molecule has 0 radical (unpaired) electrons. The van der Waals surface area contributed by atoms with Crippen LogP contribution in [0.1, 0.15) is 0 Å². The fourth-order valence-electron chi connectivity index (χ4n) is 4.30. The van der Waals surface area contributed by atoms with Crippen molar-refractivity contribution in [2.24, 2.45) is 20.5 Å². The molecular formula is C31H28N10Na2O9S2. The van der Waals surface area contributed by atoms with E-state index in [-0.39, 0.29) is 101 Å². The molecule has 4 N–H and O–H groups in total. The van der Waals surface area contributed by atoms with E-state index in [1.54, 1.807) is 36.4 Å². The van der Waals surface area contributed by atoms with Crippen LogP contribution in [0.4, 0.5) is 52.0 Å². The Balaban J connectivity index is 0.00000392. The summed E-state index contributed by atoms with van der Waals surface area (Å²) in [6.45, 7) is -0.0544. The molecule has 0 aliphatic heterocycles. The standard InChI is InChI=1S/C31H30N10O9S2.2Na/c1-49-27-17-21(40-38-19-5-3-7-23(15-19)51(43,44)45)9-11-25(27)33-30-35-29(32-13-14-42)36-31(37-30)34-26-12-10-22(18-28(26)50-2)41-39-20-6-4-8-24(16-20)52(46,47)48;;/h3-12,15-18,42H,13-14H2,1-2H3,(H,43,44,45)(H,46,47,48)(H3,32,33,34,35,36,37);;/q;2*+1/p-2. The van der Waals surface area contributed by atoms with Crippen molar-refractivity contribution in [1.29, 1.82) is 0 Å². The van der Waals surface area contributed by atoms with E-state index in [0.29, 0.717) is 34.2 Å². The zero-order chi connectivity index (χ0) is 37.3. The number of hydrogen-bond acceptors (Lipinski definition) is 19. The van der Waals surface area contributed by atoms with Crippen LogP contribution in [-0.4, -0.2) is 73.4 Å². The molecule has 0 aliphatic rings. The predicted molar refractivity (Wildman–Crippen MR) is 185 cm³/mol. The quantitative estimate of drug-likeness (QED) is 0.0587. The Morgan fingerprint density at radius 2 is 1.00 bits per heavy atom. The fraction of sp³-hybridized carbons (Fsp3) is 0.129. The molecule has 0 saturated carbocycles. The number of aliphatic hydroxyl groups is 1. The van der Waals surface area contributed by atoms with Gasteiger partial charge in [0.05, 0.1) is 64.7 Å². The minimum Gasteiger partial charge on any atom is -0.744 e. The van der Waals surface area contributed by atoms with Gasteiger partial charge in [-0.1, -0.05) is 12.1 Å². The predicted octanol–water partition coefficient (Wildman–Crippen LogP) is -0.573. The van der Waals surface area contributed by atoms with Crippen molar-refractivity contribution in [1.82, 2.24) is 15.0 Å². The average molecular weight is 795 g/mol. The summed E-state index contributed by atoms with van der Waals surface area (Å²) in [5.74, 6) is 0.910. The Bertz CT molecular complexity index is 2210. The minimum absolute atomic E-state index is 0. The number of ether oxygens (including phenoxy) is 2. The van der Waals surface area contributed by atoms with Gasteiger partial charge in [-0.2, -0.15) is 35.4 Å². The second-order valence-corrected chi connectivity index (χ2v) is 13.0. The van der Waals surface area contributed by atoms with Gasteiger partial charge in [0.2, 0.25) is 17.8 Å². The molecule has 19 nitrogen and oxygen atoms in total. The Kier molecular flexibility index (Phi) is 16.4. The fourth-order valence-corrected chi connectivity index (χ4v) is 5.32. The molecule has 4 aromatic carbocycles. The van der Waals surface area contributed by atoms with Gasteiger partial charge >= 0.3 is 59.1 Å². The van der Waals surface area contributed by atoms with Crippen LogP contribution < -0.4 is 84.5 Å². The molecule has 1 aromatic heterocycles. The number of anilines is 5. The molecule has 0 unspecified atom stereocenters. The Morgan fingerprint density at radius 1 is 0.611 bits per heavy atom. The number of azo groups is 2. The number of nitrogens with one attached hydrogen (secondary N) is 3. The van der Waals surface area contributed by atoms with Gasteiger partial charge in [-0.05, 0) is 60.7 Å². The van der Waals surface area contributed by atoms with Gasteiger partial charge in [-0.3, -0.25) is 0 Å².